The third-order valence-electron chi connectivity index (χ3n) is 4.86. The molecular formula is C25H27NO4S. The Morgan fingerprint density at radius 2 is 1.52 bits per heavy atom. The van der Waals surface area contributed by atoms with Crippen LogP contribution >= 0.6 is 0 Å². The molecule has 0 aliphatic rings. The van der Waals surface area contributed by atoms with E-state index in [1.165, 1.54) is 0 Å². The number of Topliss-reactive ketones (excluding diaryl/α,β-unsaturated/α-hetero) is 1. The second kappa shape index (κ2) is 9.79. The predicted octanol–water partition coefficient (Wildman–Crippen LogP) is 4.86. The van der Waals surface area contributed by atoms with Crippen molar-refractivity contribution in [1.29, 1.82) is 0 Å². The van der Waals surface area contributed by atoms with Crippen molar-refractivity contribution in [2.45, 2.75) is 38.5 Å². The van der Waals surface area contributed by atoms with Crippen molar-refractivity contribution in [2.75, 3.05) is 11.3 Å². The first-order valence-electron chi connectivity index (χ1n) is 10.2. The number of carbonyl (C=O) groups is 1. The second-order valence-corrected chi connectivity index (χ2v) is 9.23. The maximum absolute atomic E-state index is 12.8. The standard InChI is InChI=1S/C25H27NO4S/c1-4-30-23-11-8-20(9-12-23)16-22(27)17-21-10-5-19(3)15-25(21)26-31(28,29)24-13-6-18(2)7-14-24/h5-15,26H,4,16-17H2,1-3H3. The number of ether oxygens (including phenoxy) is 1. The van der Waals surface area contributed by atoms with Crippen LogP contribution in [0, 0.1) is 13.8 Å². The Morgan fingerprint density at radius 1 is 0.871 bits per heavy atom. The fraction of sp³-hybridized carbons (Fsp3) is 0.240. The summed E-state index contributed by atoms with van der Waals surface area (Å²) in [6, 6.07) is 19.5. The van der Waals surface area contributed by atoms with Gasteiger partial charge in [0, 0.05) is 12.8 Å². The molecule has 0 aliphatic carbocycles. The van der Waals surface area contributed by atoms with Gasteiger partial charge in [-0.2, -0.15) is 0 Å². The first-order valence-corrected chi connectivity index (χ1v) is 11.7. The summed E-state index contributed by atoms with van der Waals surface area (Å²) < 4.78 is 33.7. The summed E-state index contributed by atoms with van der Waals surface area (Å²) in [4.78, 5) is 12.9. The summed E-state index contributed by atoms with van der Waals surface area (Å²) in [6.45, 7) is 6.30. The lowest BCUT2D eigenvalue weighted by atomic mass is 10.0. The van der Waals surface area contributed by atoms with Gasteiger partial charge in [-0.3, -0.25) is 9.52 Å². The lowest BCUT2D eigenvalue weighted by Crippen LogP contribution is -2.16. The molecule has 0 heterocycles. The van der Waals surface area contributed by atoms with E-state index >= 15 is 0 Å². The Morgan fingerprint density at radius 3 is 2.16 bits per heavy atom. The van der Waals surface area contributed by atoms with Crippen LogP contribution in [0.2, 0.25) is 0 Å². The minimum absolute atomic E-state index is 0.00352. The van der Waals surface area contributed by atoms with Crippen molar-refractivity contribution in [3.63, 3.8) is 0 Å². The van der Waals surface area contributed by atoms with Crippen LogP contribution in [0.25, 0.3) is 0 Å². The minimum Gasteiger partial charge on any atom is -0.494 e. The van der Waals surface area contributed by atoms with Crippen LogP contribution in [0.3, 0.4) is 0 Å². The van der Waals surface area contributed by atoms with Gasteiger partial charge in [0.2, 0.25) is 0 Å². The number of anilines is 1. The second-order valence-electron chi connectivity index (χ2n) is 7.55. The van der Waals surface area contributed by atoms with Crippen molar-refractivity contribution >= 4 is 21.5 Å². The van der Waals surface area contributed by atoms with Gasteiger partial charge in [-0.25, -0.2) is 8.42 Å². The summed E-state index contributed by atoms with van der Waals surface area (Å²) in [5.41, 5.74) is 3.86. The molecule has 162 valence electrons. The highest BCUT2D eigenvalue weighted by atomic mass is 32.2. The molecule has 0 radical (unpaired) electrons. The smallest absolute Gasteiger partial charge is 0.261 e. The van der Waals surface area contributed by atoms with E-state index in [0.717, 1.165) is 22.4 Å². The number of rotatable bonds is 9. The number of ketones is 1. The Bertz CT molecular complexity index is 1150. The quantitative estimate of drug-likeness (QED) is 0.519. The molecule has 0 aliphatic heterocycles. The van der Waals surface area contributed by atoms with E-state index in [1.54, 1.807) is 36.4 Å². The number of nitrogens with one attached hydrogen (secondary N) is 1. The molecular weight excluding hydrogens is 410 g/mol. The highest BCUT2D eigenvalue weighted by molar-refractivity contribution is 7.92. The third kappa shape index (κ3) is 6.18. The summed E-state index contributed by atoms with van der Waals surface area (Å²) in [6.07, 6.45) is 0.406. The Balaban J connectivity index is 1.76. The monoisotopic (exact) mass is 437 g/mol. The normalized spacial score (nSPS) is 11.2. The van der Waals surface area contributed by atoms with Gasteiger partial charge in [-0.15, -0.1) is 0 Å². The zero-order valence-electron chi connectivity index (χ0n) is 18.0. The van der Waals surface area contributed by atoms with Crippen molar-refractivity contribution in [3.05, 3.63) is 89.0 Å². The Hall–Kier alpha value is -3.12. The average Bonchev–Trinajstić information content (AvgIpc) is 2.72. The maximum Gasteiger partial charge on any atom is 0.261 e. The molecule has 0 atom stereocenters. The van der Waals surface area contributed by atoms with Gasteiger partial charge in [-0.1, -0.05) is 42.0 Å². The van der Waals surface area contributed by atoms with E-state index in [2.05, 4.69) is 4.72 Å². The average molecular weight is 438 g/mol. The van der Waals surface area contributed by atoms with Crippen LogP contribution in [0.4, 0.5) is 5.69 Å². The van der Waals surface area contributed by atoms with E-state index in [1.807, 2.05) is 51.1 Å². The van der Waals surface area contributed by atoms with Crippen LogP contribution in [-0.4, -0.2) is 20.8 Å². The molecule has 31 heavy (non-hydrogen) atoms. The topological polar surface area (TPSA) is 72.5 Å². The SMILES string of the molecule is CCOc1ccc(CC(=O)Cc2ccc(C)cc2NS(=O)(=O)c2ccc(C)cc2)cc1. The van der Waals surface area contributed by atoms with Crippen molar-refractivity contribution in [1.82, 2.24) is 0 Å². The maximum atomic E-state index is 12.8. The molecule has 1 N–H and O–H groups in total. The lowest BCUT2D eigenvalue weighted by Gasteiger charge is -2.14. The first kappa shape index (κ1) is 22.6. The van der Waals surface area contributed by atoms with Crippen LogP contribution in [0.15, 0.2) is 71.6 Å². The molecule has 0 amide bonds. The molecule has 0 spiro atoms. The van der Waals surface area contributed by atoms with Gasteiger partial charge in [0.25, 0.3) is 10.0 Å². The fourth-order valence-electron chi connectivity index (χ4n) is 3.23. The van der Waals surface area contributed by atoms with Gasteiger partial charge in [-0.05, 0) is 67.8 Å². The zero-order chi connectivity index (χ0) is 22.4. The number of benzene rings is 3. The van der Waals surface area contributed by atoms with Gasteiger partial charge in [0.15, 0.2) is 0 Å². The van der Waals surface area contributed by atoms with Gasteiger partial charge in [0.05, 0.1) is 17.2 Å². The lowest BCUT2D eigenvalue weighted by molar-refractivity contribution is -0.117. The van der Waals surface area contributed by atoms with Crippen molar-refractivity contribution in [2.24, 2.45) is 0 Å². The Labute approximate surface area is 184 Å². The van der Waals surface area contributed by atoms with Gasteiger partial charge < -0.3 is 4.74 Å². The summed E-state index contributed by atoms with van der Waals surface area (Å²) in [7, 11) is -3.75. The van der Waals surface area contributed by atoms with Crippen molar-refractivity contribution in [3.8, 4) is 5.75 Å². The molecule has 6 heteroatoms. The molecule has 3 aromatic carbocycles. The molecule has 3 aromatic rings. The van der Waals surface area contributed by atoms with Crippen LogP contribution in [-0.2, 0) is 27.7 Å². The highest BCUT2D eigenvalue weighted by Gasteiger charge is 2.17. The van der Waals surface area contributed by atoms with Gasteiger partial charge >= 0.3 is 0 Å². The molecule has 0 saturated carbocycles. The zero-order valence-corrected chi connectivity index (χ0v) is 18.8. The van der Waals surface area contributed by atoms with E-state index < -0.39 is 10.0 Å². The first-order chi connectivity index (χ1) is 14.8. The molecule has 0 saturated heterocycles. The molecule has 0 fully saturated rings. The summed E-state index contributed by atoms with van der Waals surface area (Å²) >= 11 is 0. The number of sulfonamides is 1. The number of hydrogen-bond acceptors (Lipinski definition) is 4. The van der Waals surface area contributed by atoms with E-state index in [9.17, 15) is 13.2 Å². The summed E-state index contributed by atoms with van der Waals surface area (Å²) in [5.74, 6) is 0.772. The predicted molar refractivity (Wildman–Crippen MR) is 123 cm³/mol. The minimum atomic E-state index is -3.75. The number of aryl methyl sites for hydroxylation is 2. The van der Waals surface area contributed by atoms with Crippen LogP contribution < -0.4 is 9.46 Å². The molecule has 5 nitrogen and oxygen atoms in total. The van der Waals surface area contributed by atoms with Gasteiger partial charge in [0.1, 0.15) is 11.5 Å². The highest BCUT2D eigenvalue weighted by Crippen LogP contribution is 2.23. The van der Waals surface area contributed by atoms with Crippen LogP contribution in [0.1, 0.15) is 29.2 Å². The van der Waals surface area contributed by atoms with E-state index in [0.29, 0.717) is 17.9 Å². The molecule has 3 rings (SSSR count). The van der Waals surface area contributed by atoms with E-state index in [4.69, 9.17) is 4.74 Å². The van der Waals surface area contributed by atoms with Crippen LogP contribution in [0.5, 0.6) is 5.75 Å². The number of carbonyl (C=O) groups excluding carboxylic acids is 1. The molecule has 0 aromatic heterocycles. The van der Waals surface area contributed by atoms with E-state index in [-0.39, 0.29) is 23.5 Å². The number of hydrogen-bond donors (Lipinski definition) is 1. The molecule has 0 unspecified atom stereocenters. The fourth-order valence-corrected chi connectivity index (χ4v) is 4.33. The largest absolute Gasteiger partial charge is 0.494 e. The Kier molecular flexibility index (Phi) is 7.13. The molecule has 0 bridgehead atoms. The van der Waals surface area contributed by atoms with Crippen molar-refractivity contribution < 1.29 is 17.9 Å². The third-order valence-corrected chi connectivity index (χ3v) is 6.25. The summed E-state index contributed by atoms with van der Waals surface area (Å²) in [5, 5.41) is 0.